The van der Waals surface area contributed by atoms with Gasteiger partial charge in [0.1, 0.15) is 11.4 Å². The highest BCUT2D eigenvalue weighted by Crippen LogP contribution is 2.40. The molecule has 6 nitrogen and oxygen atoms in total. The molecule has 1 N–H and O–H groups in total. The van der Waals surface area contributed by atoms with Gasteiger partial charge in [-0.2, -0.15) is 4.31 Å². The third-order valence-corrected chi connectivity index (χ3v) is 8.34. The number of rotatable bonds is 4. The predicted octanol–water partition coefficient (Wildman–Crippen LogP) is 4.12. The van der Waals surface area contributed by atoms with E-state index in [1.807, 2.05) is 58.0 Å². The molecule has 2 aliphatic heterocycles. The molecule has 0 radical (unpaired) electrons. The number of aryl methyl sites for hydroxylation is 2. The van der Waals surface area contributed by atoms with Gasteiger partial charge >= 0.3 is 0 Å². The van der Waals surface area contributed by atoms with Gasteiger partial charge in [0.15, 0.2) is 0 Å². The standard InChI is InChI=1S/C25H32N2O4S/c1-17-5-8-20(9-6-17)32(29,30)27-13-11-19(12-14-27)24(28)26-22-16-25(3,4)31-23-15-18(2)7-10-21(22)23/h5-10,15,19,22H,11-14,16H2,1-4H3,(H,26,28). The highest BCUT2D eigenvalue weighted by atomic mass is 32.2. The second-order valence-corrected chi connectivity index (χ2v) is 11.6. The predicted molar refractivity (Wildman–Crippen MR) is 124 cm³/mol. The van der Waals surface area contributed by atoms with Gasteiger partial charge in [-0.15, -0.1) is 0 Å². The number of carbonyl (C=O) groups is 1. The van der Waals surface area contributed by atoms with E-state index in [1.165, 1.54) is 4.31 Å². The summed E-state index contributed by atoms with van der Waals surface area (Å²) in [5.74, 6) is 0.622. The zero-order valence-electron chi connectivity index (χ0n) is 19.2. The van der Waals surface area contributed by atoms with Gasteiger partial charge in [0.05, 0.1) is 10.9 Å². The van der Waals surface area contributed by atoms with Crippen molar-refractivity contribution in [2.75, 3.05) is 13.1 Å². The van der Waals surface area contributed by atoms with Crippen LogP contribution in [0.5, 0.6) is 5.75 Å². The van der Waals surface area contributed by atoms with Gasteiger partial charge < -0.3 is 10.1 Å². The molecule has 7 heteroatoms. The Bertz CT molecular complexity index is 1100. The molecule has 172 valence electrons. The molecule has 1 saturated heterocycles. The first-order valence-corrected chi connectivity index (χ1v) is 12.7. The van der Waals surface area contributed by atoms with Gasteiger partial charge in [-0.05, 0) is 64.3 Å². The van der Waals surface area contributed by atoms with Gasteiger partial charge in [-0.1, -0.05) is 29.8 Å². The van der Waals surface area contributed by atoms with Crippen LogP contribution in [0.3, 0.4) is 0 Å². The molecular weight excluding hydrogens is 424 g/mol. The second-order valence-electron chi connectivity index (χ2n) is 9.66. The van der Waals surface area contributed by atoms with E-state index in [4.69, 9.17) is 4.74 Å². The number of nitrogens with zero attached hydrogens (tertiary/aromatic N) is 1. The van der Waals surface area contributed by atoms with Crippen LogP contribution < -0.4 is 10.1 Å². The van der Waals surface area contributed by atoms with Gasteiger partial charge in [0.25, 0.3) is 0 Å². The Morgan fingerprint density at radius 2 is 1.66 bits per heavy atom. The molecule has 0 saturated carbocycles. The monoisotopic (exact) mass is 456 g/mol. The lowest BCUT2D eigenvalue weighted by molar-refractivity contribution is -0.127. The maximum Gasteiger partial charge on any atom is 0.243 e. The first kappa shape index (κ1) is 22.8. The molecule has 0 aliphatic carbocycles. The maximum absolute atomic E-state index is 13.1. The van der Waals surface area contributed by atoms with E-state index in [0.717, 1.165) is 22.4 Å². The average molecular weight is 457 g/mol. The number of ether oxygens (including phenoxy) is 1. The number of nitrogens with one attached hydrogen (secondary N) is 1. The Balaban J connectivity index is 1.42. The number of carbonyl (C=O) groups excluding carboxylic acids is 1. The third-order valence-electron chi connectivity index (χ3n) is 6.43. The van der Waals surface area contributed by atoms with Crippen molar-refractivity contribution in [1.82, 2.24) is 9.62 Å². The minimum atomic E-state index is -3.53. The normalized spacial score (nSPS) is 21.4. The van der Waals surface area contributed by atoms with Gasteiger partial charge in [-0.3, -0.25) is 4.79 Å². The van der Waals surface area contributed by atoms with Crippen molar-refractivity contribution in [2.24, 2.45) is 5.92 Å². The highest BCUT2D eigenvalue weighted by Gasteiger charge is 2.37. The molecule has 2 aliphatic rings. The molecule has 2 heterocycles. The molecule has 1 unspecified atom stereocenters. The van der Waals surface area contributed by atoms with Crippen molar-refractivity contribution >= 4 is 15.9 Å². The molecule has 1 amide bonds. The van der Waals surface area contributed by atoms with Crippen LogP contribution in [-0.2, 0) is 14.8 Å². The molecule has 32 heavy (non-hydrogen) atoms. The van der Waals surface area contributed by atoms with Crippen LogP contribution in [0.25, 0.3) is 0 Å². The SMILES string of the molecule is Cc1ccc(S(=O)(=O)N2CCC(C(=O)NC3CC(C)(C)Oc4cc(C)ccc43)CC2)cc1. The van der Waals surface area contributed by atoms with Gasteiger partial charge in [0, 0.05) is 31.0 Å². The Kier molecular flexibility index (Phi) is 6.07. The summed E-state index contributed by atoms with van der Waals surface area (Å²) < 4.78 is 33.5. The van der Waals surface area contributed by atoms with Crippen molar-refractivity contribution in [1.29, 1.82) is 0 Å². The third kappa shape index (κ3) is 4.69. The highest BCUT2D eigenvalue weighted by molar-refractivity contribution is 7.89. The lowest BCUT2D eigenvalue weighted by atomic mass is 9.88. The first-order chi connectivity index (χ1) is 15.0. The van der Waals surface area contributed by atoms with E-state index in [1.54, 1.807) is 12.1 Å². The summed E-state index contributed by atoms with van der Waals surface area (Å²) in [4.78, 5) is 13.4. The number of piperidine rings is 1. The Morgan fingerprint density at radius 1 is 1.03 bits per heavy atom. The van der Waals surface area contributed by atoms with E-state index in [-0.39, 0.29) is 23.5 Å². The summed E-state index contributed by atoms with van der Waals surface area (Å²) in [6.45, 7) is 8.72. The topological polar surface area (TPSA) is 75.7 Å². The van der Waals surface area contributed by atoms with Crippen LogP contribution in [0.4, 0.5) is 0 Å². The zero-order valence-corrected chi connectivity index (χ0v) is 20.0. The number of hydrogen-bond donors (Lipinski definition) is 1. The van der Waals surface area contributed by atoms with Crippen molar-refractivity contribution < 1.29 is 17.9 Å². The summed E-state index contributed by atoms with van der Waals surface area (Å²) in [5, 5.41) is 3.22. The van der Waals surface area contributed by atoms with E-state index in [0.29, 0.717) is 37.2 Å². The molecule has 0 bridgehead atoms. The number of amides is 1. The maximum atomic E-state index is 13.1. The quantitative estimate of drug-likeness (QED) is 0.751. The van der Waals surface area contributed by atoms with Crippen LogP contribution in [0, 0.1) is 19.8 Å². The van der Waals surface area contributed by atoms with Crippen LogP contribution in [-0.4, -0.2) is 37.3 Å². The second kappa shape index (κ2) is 8.52. The Hall–Kier alpha value is -2.38. The van der Waals surface area contributed by atoms with E-state index >= 15 is 0 Å². The number of hydrogen-bond acceptors (Lipinski definition) is 4. The van der Waals surface area contributed by atoms with Crippen molar-refractivity contribution in [3.05, 3.63) is 59.2 Å². The molecule has 2 aromatic rings. The lowest BCUT2D eigenvalue weighted by Gasteiger charge is -2.39. The largest absolute Gasteiger partial charge is 0.487 e. The molecule has 0 aromatic heterocycles. The molecule has 2 aromatic carbocycles. The fourth-order valence-electron chi connectivity index (χ4n) is 4.59. The van der Waals surface area contributed by atoms with E-state index in [9.17, 15) is 13.2 Å². The first-order valence-electron chi connectivity index (χ1n) is 11.2. The Labute approximate surface area is 191 Å². The van der Waals surface area contributed by atoms with Crippen LogP contribution in [0.15, 0.2) is 47.4 Å². The fraction of sp³-hybridized carbons (Fsp3) is 0.480. The summed E-state index contributed by atoms with van der Waals surface area (Å²) in [6, 6.07) is 12.9. The van der Waals surface area contributed by atoms with Crippen molar-refractivity contribution in [3.8, 4) is 5.75 Å². The van der Waals surface area contributed by atoms with Crippen LogP contribution in [0.2, 0.25) is 0 Å². The molecule has 1 fully saturated rings. The van der Waals surface area contributed by atoms with Crippen LogP contribution in [0.1, 0.15) is 55.8 Å². The minimum absolute atomic E-state index is 0.00777. The number of fused-ring (bicyclic) bond motifs is 1. The van der Waals surface area contributed by atoms with Crippen molar-refractivity contribution in [2.45, 2.75) is 63.5 Å². The summed E-state index contributed by atoms with van der Waals surface area (Å²) in [7, 11) is -3.53. The zero-order chi connectivity index (χ0) is 23.1. The summed E-state index contributed by atoms with van der Waals surface area (Å²) in [5.41, 5.74) is 2.77. The molecular formula is C25H32N2O4S. The van der Waals surface area contributed by atoms with E-state index < -0.39 is 10.0 Å². The lowest BCUT2D eigenvalue weighted by Crippen LogP contribution is -2.46. The fourth-order valence-corrected chi connectivity index (χ4v) is 6.06. The Morgan fingerprint density at radius 3 is 2.31 bits per heavy atom. The van der Waals surface area contributed by atoms with E-state index in [2.05, 4.69) is 5.32 Å². The molecule has 4 rings (SSSR count). The van der Waals surface area contributed by atoms with Crippen molar-refractivity contribution in [3.63, 3.8) is 0 Å². The van der Waals surface area contributed by atoms with Crippen LogP contribution >= 0.6 is 0 Å². The number of benzene rings is 2. The molecule has 0 spiro atoms. The smallest absolute Gasteiger partial charge is 0.243 e. The summed E-state index contributed by atoms with van der Waals surface area (Å²) >= 11 is 0. The minimum Gasteiger partial charge on any atom is -0.487 e. The molecule has 1 atom stereocenters. The average Bonchev–Trinajstić information content (AvgIpc) is 2.73. The summed E-state index contributed by atoms with van der Waals surface area (Å²) in [6.07, 6.45) is 1.73. The van der Waals surface area contributed by atoms with Gasteiger partial charge in [0.2, 0.25) is 15.9 Å². The number of sulfonamides is 1. The van der Waals surface area contributed by atoms with Gasteiger partial charge in [-0.25, -0.2) is 8.42 Å².